The molecule has 0 heterocycles. The monoisotopic (exact) mass is 644 g/mol. The van der Waals surface area contributed by atoms with Crippen LogP contribution in [0.2, 0.25) is 0 Å². The summed E-state index contributed by atoms with van der Waals surface area (Å²) in [5.74, 6) is 0.987. The first kappa shape index (κ1) is 31.3. The molecule has 4 rings (SSSR count). The minimum atomic E-state index is -4.24. The number of sulfonamides is 2. The number of ether oxygens (including phenoxy) is 2. The van der Waals surface area contributed by atoms with Crippen molar-refractivity contribution in [3.8, 4) is 11.5 Å². The normalized spacial score (nSPS) is 11.2. The van der Waals surface area contributed by atoms with E-state index in [-0.39, 0.29) is 22.7 Å². The van der Waals surface area contributed by atoms with E-state index in [0.717, 1.165) is 36.4 Å². The summed E-state index contributed by atoms with van der Waals surface area (Å²) in [6, 6.07) is 17.9. The second-order valence-corrected chi connectivity index (χ2v) is 12.2. The van der Waals surface area contributed by atoms with Crippen LogP contribution in [0, 0.1) is 20.2 Å². The Balaban J connectivity index is 1.55. The number of anilines is 4. The van der Waals surface area contributed by atoms with Crippen LogP contribution < -0.4 is 29.8 Å². The van der Waals surface area contributed by atoms with E-state index in [4.69, 9.17) is 9.47 Å². The number of nitro benzene ring substituents is 2. The van der Waals surface area contributed by atoms with E-state index < -0.39 is 51.1 Å². The van der Waals surface area contributed by atoms with Gasteiger partial charge in [0.15, 0.2) is 0 Å². The van der Waals surface area contributed by atoms with Gasteiger partial charge in [-0.1, -0.05) is 0 Å². The van der Waals surface area contributed by atoms with Gasteiger partial charge >= 0.3 is 0 Å². The lowest BCUT2D eigenvalue weighted by Gasteiger charge is -2.13. The number of nitro groups is 2. The molecule has 230 valence electrons. The molecule has 0 spiro atoms. The van der Waals surface area contributed by atoms with E-state index in [1.807, 2.05) is 0 Å². The lowest BCUT2D eigenvalue weighted by Crippen LogP contribution is -2.16. The molecule has 0 fully saturated rings. The molecule has 4 aromatic rings. The molecule has 0 unspecified atom stereocenters. The first-order valence-electron chi connectivity index (χ1n) is 12.3. The van der Waals surface area contributed by atoms with Crippen molar-refractivity contribution >= 4 is 54.2 Å². The molecule has 0 aliphatic rings. The van der Waals surface area contributed by atoms with Gasteiger partial charge in [-0.25, -0.2) is 16.8 Å². The second-order valence-electron chi connectivity index (χ2n) is 8.79. The summed E-state index contributed by atoms with van der Waals surface area (Å²) < 4.78 is 66.1. The molecule has 0 bridgehead atoms. The van der Waals surface area contributed by atoms with Crippen LogP contribution in [0.5, 0.6) is 11.5 Å². The van der Waals surface area contributed by atoms with Gasteiger partial charge in [-0.2, -0.15) is 0 Å². The fourth-order valence-corrected chi connectivity index (χ4v) is 5.91. The van der Waals surface area contributed by atoms with Crippen molar-refractivity contribution in [1.82, 2.24) is 0 Å². The highest BCUT2D eigenvalue weighted by molar-refractivity contribution is 7.93. The molecule has 44 heavy (non-hydrogen) atoms. The maximum absolute atomic E-state index is 12.9. The highest BCUT2D eigenvalue weighted by atomic mass is 32.2. The van der Waals surface area contributed by atoms with Gasteiger partial charge in [-0.3, -0.25) is 40.5 Å². The van der Waals surface area contributed by atoms with E-state index in [1.165, 1.54) is 62.8 Å². The Morgan fingerprint density at radius 2 is 0.909 bits per heavy atom. The lowest BCUT2D eigenvalue weighted by molar-refractivity contribution is -0.384. The van der Waals surface area contributed by atoms with E-state index in [9.17, 15) is 37.1 Å². The largest absolute Gasteiger partial charge is 0.497 e. The summed E-state index contributed by atoms with van der Waals surface area (Å²) in [6.07, 6.45) is 0. The van der Waals surface area contributed by atoms with E-state index >= 15 is 0 Å². The summed E-state index contributed by atoms with van der Waals surface area (Å²) in [5.41, 5.74) is 3.49. The number of rotatable bonds is 13. The molecule has 0 aromatic heterocycles. The Bertz CT molecular complexity index is 1780. The predicted octanol–water partition coefficient (Wildman–Crippen LogP) is 4.56. The summed E-state index contributed by atoms with van der Waals surface area (Å²) in [4.78, 5) is 21.0. The van der Waals surface area contributed by atoms with Gasteiger partial charge in [0.05, 0.1) is 33.9 Å². The summed E-state index contributed by atoms with van der Waals surface area (Å²) in [6.45, 7) is 0. The van der Waals surface area contributed by atoms with Crippen LogP contribution in [0.3, 0.4) is 0 Å². The molecular weight excluding hydrogens is 620 g/mol. The average Bonchev–Trinajstić information content (AvgIpc) is 3.00. The van der Waals surface area contributed by atoms with Crippen molar-refractivity contribution in [3.63, 3.8) is 0 Å². The standard InChI is InChI=1S/C26H24N6O10S2/c1-41-19-7-3-17(4-8-19)29-43(37,38)21-11-13-23(25(15-21)31(33)34)27-28-24-14-12-22(16-26(24)32(35)36)44(39,40)30-18-5-9-20(42-2)10-6-18/h3-16,27-30H,1-2H3. The smallest absolute Gasteiger partial charge is 0.295 e. The Morgan fingerprint density at radius 1 is 0.568 bits per heavy atom. The van der Waals surface area contributed by atoms with E-state index in [2.05, 4.69) is 20.3 Å². The zero-order valence-electron chi connectivity index (χ0n) is 22.9. The van der Waals surface area contributed by atoms with Crippen molar-refractivity contribution < 1.29 is 36.2 Å². The Labute approximate surface area is 251 Å². The molecule has 0 saturated heterocycles. The molecule has 0 saturated carbocycles. The van der Waals surface area contributed by atoms with Gasteiger partial charge in [0.25, 0.3) is 31.4 Å². The van der Waals surface area contributed by atoms with E-state index in [1.54, 1.807) is 0 Å². The minimum absolute atomic E-state index is 0.189. The second kappa shape index (κ2) is 12.7. The van der Waals surface area contributed by atoms with Gasteiger partial charge < -0.3 is 9.47 Å². The predicted molar refractivity (Wildman–Crippen MR) is 161 cm³/mol. The van der Waals surface area contributed by atoms with Crippen LogP contribution in [-0.2, 0) is 20.0 Å². The molecule has 4 aromatic carbocycles. The van der Waals surface area contributed by atoms with Crippen molar-refractivity contribution in [3.05, 3.63) is 105 Å². The van der Waals surface area contributed by atoms with Crippen LogP contribution in [0.4, 0.5) is 34.1 Å². The Kier molecular flexibility index (Phi) is 9.05. The third-order valence-corrected chi connectivity index (χ3v) is 8.73. The quantitative estimate of drug-likeness (QED) is 0.116. The fraction of sp³-hybridized carbons (Fsp3) is 0.0769. The maximum atomic E-state index is 12.9. The van der Waals surface area contributed by atoms with Gasteiger partial charge in [0.1, 0.15) is 22.9 Å². The highest BCUT2D eigenvalue weighted by Gasteiger charge is 2.24. The van der Waals surface area contributed by atoms with Crippen LogP contribution in [-0.4, -0.2) is 40.9 Å². The summed E-state index contributed by atoms with van der Waals surface area (Å²) in [5, 5.41) is 23.6. The van der Waals surface area contributed by atoms with E-state index in [0.29, 0.717) is 11.5 Å². The van der Waals surface area contributed by atoms with Crippen molar-refractivity contribution in [2.45, 2.75) is 9.79 Å². The van der Waals surface area contributed by atoms with Gasteiger partial charge in [0.2, 0.25) is 0 Å². The first-order valence-corrected chi connectivity index (χ1v) is 15.2. The average molecular weight is 645 g/mol. The zero-order valence-corrected chi connectivity index (χ0v) is 24.5. The molecule has 0 aliphatic heterocycles. The number of hydrogen-bond donors (Lipinski definition) is 4. The van der Waals surface area contributed by atoms with Gasteiger partial charge in [0, 0.05) is 23.5 Å². The first-order chi connectivity index (χ1) is 20.8. The number of methoxy groups -OCH3 is 2. The van der Waals surface area contributed by atoms with Crippen LogP contribution in [0.25, 0.3) is 0 Å². The van der Waals surface area contributed by atoms with Crippen LogP contribution in [0.15, 0.2) is 94.7 Å². The summed E-state index contributed by atoms with van der Waals surface area (Å²) >= 11 is 0. The minimum Gasteiger partial charge on any atom is -0.497 e. The third kappa shape index (κ3) is 7.23. The molecule has 18 heteroatoms. The number of benzene rings is 4. The van der Waals surface area contributed by atoms with Gasteiger partial charge in [-0.05, 0) is 72.8 Å². The molecular formula is C26H24N6O10S2. The van der Waals surface area contributed by atoms with Gasteiger partial charge in [-0.15, -0.1) is 0 Å². The summed E-state index contributed by atoms with van der Waals surface area (Å²) in [7, 11) is -5.58. The maximum Gasteiger partial charge on any atom is 0.295 e. The molecule has 0 radical (unpaired) electrons. The molecule has 16 nitrogen and oxygen atoms in total. The molecule has 0 aliphatic carbocycles. The number of nitrogens with one attached hydrogen (secondary N) is 4. The zero-order chi connectivity index (χ0) is 32.1. The number of hydrazine groups is 1. The topological polar surface area (TPSA) is 221 Å². The molecule has 4 N–H and O–H groups in total. The Morgan fingerprint density at radius 3 is 1.20 bits per heavy atom. The lowest BCUT2D eigenvalue weighted by atomic mass is 10.2. The molecule has 0 atom stereocenters. The highest BCUT2D eigenvalue weighted by Crippen LogP contribution is 2.32. The molecule has 0 amide bonds. The number of nitrogens with zero attached hydrogens (tertiary/aromatic N) is 2. The third-order valence-electron chi connectivity index (χ3n) is 5.97. The van der Waals surface area contributed by atoms with Crippen molar-refractivity contribution in [2.24, 2.45) is 0 Å². The number of hydrogen-bond acceptors (Lipinski definition) is 12. The van der Waals surface area contributed by atoms with Crippen molar-refractivity contribution in [1.29, 1.82) is 0 Å². The van der Waals surface area contributed by atoms with Crippen LogP contribution in [0.1, 0.15) is 0 Å². The SMILES string of the molecule is COc1ccc(NS(=O)(=O)c2ccc(NNc3ccc(S(=O)(=O)Nc4ccc(OC)cc4)cc3[N+](=O)[O-])c([N+](=O)[O-])c2)cc1. The fourth-order valence-electron chi connectivity index (χ4n) is 3.75. The van der Waals surface area contributed by atoms with Crippen LogP contribution >= 0.6 is 0 Å². The Hall–Kier alpha value is -5.62. The van der Waals surface area contributed by atoms with Crippen molar-refractivity contribution in [2.75, 3.05) is 34.5 Å².